The summed E-state index contributed by atoms with van der Waals surface area (Å²) in [6, 6.07) is 4.49. The SMILES string of the molecule is COC(=O)[C@]1(Br)[C@H]2C(=O)N(c3ccc(Cl)c(Cl)c3)C(=O)[C@]21C. The maximum absolute atomic E-state index is 12.7. The Hall–Kier alpha value is -1.11. The highest BCUT2D eigenvalue weighted by Crippen LogP contribution is 2.72. The maximum atomic E-state index is 12.7. The average Bonchev–Trinajstić information content (AvgIpc) is 2.91. The molecule has 0 unspecified atom stereocenters. The Morgan fingerprint density at radius 3 is 2.41 bits per heavy atom. The number of methoxy groups -OCH3 is 1. The molecule has 1 aromatic rings. The second-order valence-electron chi connectivity index (χ2n) is 5.42. The monoisotopic (exact) mass is 405 g/mol. The van der Waals surface area contributed by atoms with Gasteiger partial charge in [-0.05, 0) is 25.1 Å². The zero-order valence-electron chi connectivity index (χ0n) is 11.5. The van der Waals surface area contributed by atoms with Crippen molar-refractivity contribution in [3.63, 3.8) is 0 Å². The molecular formula is C14H10BrCl2NO4. The van der Waals surface area contributed by atoms with Crippen LogP contribution in [0.3, 0.4) is 0 Å². The van der Waals surface area contributed by atoms with Crippen LogP contribution < -0.4 is 4.90 Å². The van der Waals surface area contributed by atoms with Crippen molar-refractivity contribution < 1.29 is 19.1 Å². The van der Waals surface area contributed by atoms with E-state index in [1.807, 2.05) is 0 Å². The fraction of sp³-hybridized carbons (Fsp3) is 0.357. The molecule has 1 aliphatic heterocycles. The lowest BCUT2D eigenvalue weighted by Crippen LogP contribution is -2.43. The standard InChI is InChI=1S/C14H10BrCl2NO4/c1-13-9(14(13,15)12(21)22-2)10(19)18(11(13)20)6-3-4-7(16)8(17)5-6/h3-5,9H,1-2H3/t9-,13-,14+/m0/s1. The van der Waals surface area contributed by atoms with Crippen LogP contribution in [0.25, 0.3) is 0 Å². The summed E-state index contributed by atoms with van der Waals surface area (Å²) < 4.78 is 3.41. The highest BCUT2D eigenvalue weighted by Gasteiger charge is 2.89. The molecule has 5 nitrogen and oxygen atoms in total. The topological polar surface area (TPSA) is 63.7 Å². The van der Waals surface area contributed by atoms with E-state index >= 15 is 0 Å². The first-order valence-electron chi connectivity index (χ1n) is 6.32. The van der Waals surface area contributed by atoms with Crippen LogP contribution >= 0.6 is 39.1 Å². The van der Waals surface area contributed by atoms with Crippen LogP contribution in [0.2, 0.25) is 10.0 Å². The maximum Gasteiger partial charge on any atom is 0.324 e. The largest absolute Gasteiger partial charge is 0.468 e. The molecule has 0 radical (unpaired) electrons. The van der Waals surface area contributed by atoms with E-state index in [1.54, 1.807) is 6.92 Å². The molecule has 116 valence electrons. The van der Waals surface area contributed by atoms with Gasteiger partial charge in [-0.25, -0.2) is 4.90 Å². The third-order valence-corrected chi connectivity index (χ3v) is 6.75. The number of benzene rings is 1. The summed E-state index contributed by atoms with van der Waals surface area (Å²) in [5, 5.41) is 0.564. The van der Waals surface area contributed by atoms with Gasteiger partial charge < -0.3 is 4.74 Å². The molecule has 3 atom stereocenters. The number of imide groups is 1. The molecule has 2 amide bonds. The van der Waals surface area contributed by atoms with Crippen molar-refractivity contribution in [1.29, 1.82) is 0 Å². The smallest absolute Gasteiger partial charge is 0.324 e. The molecule has 0 aromatic heterocycles. The number of rotatable bonds is 2. The van der Waals surface area contributed by atoms with Crippen molar-refractivity contribution in [3.05, 3.63) is 28.2 Å². The summed E-state index contributed by atoms with van der Waals surface area (Å²) in [6.07, 6.45) is 0. The number of esters is 1. The molecule has 2 fully saturated rings. The van der Waals surface area contributed by atoms with Gasteiger partial charge >= 0.3 is 5.97 Å². The first kappa shape index (κ1) is 15.8. The molecule has 2 aliphatic rings. The van der Waals surface area contributed by atoms with Crippen molar-refractivity contribution in [1.82, 2.24) is 0 Å². The Balaban J connectivity index is 2.01. The van der Waals surface area contributed by atoms with Gasteiger partial charge in [0.2, 0.25) is 11.8 Å². The molecule has 8 heteroatoms. The van der Waals surface area contributed by atoms with Crippen molar-refractivity contribution in [2.45, 2.75) is 11.2 Å². The number of halogens is 3. The highest BCUT2D eigenvalue weighted by molar-refractivity contribution is 9.10. The highest BCUT2D eigenvalue weighted by atomic mass is 79.9. The molecule has 22 heavy (non-hydrogen) atoms. The molecule has 1 heterocycles. The van der Waals surface area contributed by atoms with E-state index in [-0.39, 0.29) is 5.02 Å². The van der Waals surface area contributed by atoms with Crippen molar-refractivity contribution in [2.24, 2.45) is 11.3 Å². The zero-order valence-corrected chi connectivity index (χ0v) is 14.6. The van der Waals surface area contributed by atoms with Gasteiger partial charge in [0, 0.05) is 0 Å². The molecule has 3 rings (SSSR count). The Bertz CT molecular complexity index is 740. The molecule has 1 aromatic carbocycles. The van der Waals surface area contributed by atoms with Crippen molar-refractivity contribution in [2.75, 3.05) is 12.0 Å². The molecule has 0 spiro atoms. The number of hydrogen-bond donors (Lipinski definition) is 0. The van der Waals surface area contributed by atoms with E-state index in [2.05, 4.69) is 15.9 Å². The van der Waals surface area contributed by atoms with Gasteiger partial charge in [0.1, 0.15) is 0 Å². The summed E-state index contributed by atoms with van der Waals surface area (Å²) in [4.78, 5) is 38.2. The number of fused-ring (bicyclic) bond motifs is 1. The fourth-order valence-corrected chi connectivity index (χ4v) is 4.47. The predicted octanol–water partition coefficient (Wildman–Crippen LogP) is 2.81. The van der Waals surface area contributed by atoms with Gasteiger partial charge in [-0.15, -0.1) is 0 Å². The first-order valence-corrected chi connectivity index (χ1v) is 7.87. The van der Waals surface area contributed by atoms with E-state index in [4.69, 9.17) is 27.9 Å². The number of piperidine rings is 1. The summed E-state index contributed by atoms with van der Waals surface area (Å²) in [6.45, 7) is 1.57. The van der Waals surface area contributed by atoms with Crippen molar-refractivity contribution >= 4 is 62.6 Å². The number of hydrogen-bond acceptors (Lipinski definition) is 4. The Morgan fingerprint density at radius 2 is 1.95 bits per heavy atom. The number of amides is 2. The second kappa shape index (κ2) is 4.69. The Labute approximate surface area is 144 Å². The fourth-order valence-electron chi connectivity index (χ4n) is 3.08. The second-order valence-corrected chi connectivity index (χ2v) is 7.48. The lowest BCUT2D eigenvalue weighted by Gasteiger charge is -2.23. The first-order chi connectivity index (χ1) is 10.2. The summed E-state index contributed by atoms with van der Waals surface area (Å²) in [7, 11) is 1.22. The summed E-state index contributed by atoms with van der Waals surface area (Å²) in [5.41, 5.74) is -0.832. The predicted molar refractivity (Wildman–Crippen MR) is 84.2 cm³/mol. The van der Waals surface area contributed by atoms with E-state index in [0.29, 0.717) is 10.7 Å². The van der Waals surface area contributed by atoms with E-state index in [1.165, 1.54) is 25.3 Å². The minimum atomic E-state index is -1.30. The zero-order chi connectivity index (χ0) is 16.4. The quantitative estimate of drug-likeness (QED) is 0.430. The number of carbonyl (C=O) groups is 3. The van der Waals surface area contributed by atoms with Crippen LogP contribution in [0.5, 0.6) is 0 Å². The van der Waals surface area contributed by atoms with Gasteiger partial charge in [0.15, 0.2) is 4.32 Å². The van der Waals surface area contributed by atoms with Crippen molar-refractivity contribution in [3.8, 4) is 0 Å². The number of anilines is 1. The molecule has 0 bridgehead atoms. The number of carbonyl (C=O) groups excluding carboxylic acids is 3. The van der Waals surface area contributed by atoms with E-state index < -0.39 is 33.4 Å². The van der Waals surface area contributed by atoms with Gasteiger partial charge in [-0.1, -0.05) is 39.1 Å². The van der Waals surface area contributed by atoms with E-state index in [9.17, 15) is 14.4 Å². The van der Waals surface area contributed by atoms with Gasteiger partial charge in [0.05, 0.1) is 34.2 Å². The Morgan fingerprint density at radius 1 is 1.32 bits per heavy atom. The average molecular weight is 407 g/mol. The van der Waals surface area contributed by atoms with Gasteiger partial charge in [-0.3, -0.25) is 14.4 Å². The van der Waals surface area contributed by atoms with Crippen LogP contribution in [0, 0.1) is 11.3 Å². The lowest BCUT2D eigenvalue weighted by molar-refractivity contribution is -0.144. The lowest BCUT2D eigenvalue weighted by atomic mass is 10.1. The molecular weight excluding hydrogens is 397 g/mol. The third kappa shape index (κ3) is 1.63. The van der Waals surface area contributed by atoms with Crippen LogP contribution in [-0.4, -0.2) is 29.2 Å². The molecule has 0 N–H and O–H groups in total. The van der Waals surface area contributed by atoms with Gasteiger partial charge in [-0.2, -0.15) is 0 Å². The van der Waals surface area contributed by atoms with E-state index in [0.717, 1.165) is 4.90 Å². The van der Waals surface area contributed by atoms with Gasteiger partial charge in [0.25, 0.3) is 0 Å². The summed E-state index contributed by atoms with van der Waals surface area (Å²) in [5.74, 6) is -2.36. The minimum Gasteiger partial charge on any atom is -0.468 e. The summed E-state index contributed by atoms with van der Waals surface area (Å²) >= 11 is 15.0. The number of ether oxygens (including phenoxy) is 1. The molecule has 1 aliphatic carbocycles. The minimum absolute atomic E-state index is 0.239. The normalized spacial score (nSPS) is 33.0. The Kier molecular flexibility index (Phi) is 3.36. The third-order valence-electron chi connectivity index (χ3n) is 4.41. The molecule has 1 saturated heterocycles. The van der Waals surface area contributed by atoms with Crippen LogP contribution in [0.15, 0.2) is 18.2 Å². The van der Waals surface area contributed by atoms with Crippen LogP contribution in [0.1, 0.15) is 6.92 Å². The number of alkyl halides is 1. The van der Waals surface area contributed by atoms with Crippen LogP contribution in [-0.2, 0) is 19.1 Å². The number of nitrogens with zero attached hydrogens (tertiary/aromatic N) is 1. The molecule has 1 saturated carbocycles. The van der Waals surface area contributed by atoms with Crippen LogP contribution in [0.4, 0.5) is 5.69 Å².